The second kappa shape index (κ2) is 6.92. The standard InChI is InChI=1S/C29H22Br2/c1-29(2,27-23-9-5-3-7-19(23)20-8-4-6-10-24(20)27)28-25-15-17(30)11-13-21(25)22-14-12-18(31)16-26(22)28/h3-16,27-28H,1-2H3. The monoisotopic (exact) mass is 528 g/mol. The third-order valence-electron chi connectivity index (χ3n) is 7.26. The van der Waals surface area contributed by atoms with Gasteiger partial charge in [-0.2, -0.15) is 0 Å². The first kappa shape index (κ1) is 19.5. The topological polar surface area (TPSA) is 0 Å². The molecule has 0 N–H and O–H groups in total. The largest absolute Gasteiger partial charge is 0.0619 e. The second-order valence-corrected chi connectivity index (χ2v) is 11.2. The predicted molar refractivity (Wildman–Crippen MR) is 137 cm³/mol. The molecule has 0 amide bonds. The molecule has 0 unspecified atom stereocenters. The van der Waals surface area contributed by atoms with Crippen molar-refractivity contribution in [3.8, 4) is 22.3 Å². The Kier molecular flexibility index (Phi) is 4.36. The second-order valence-electron chi connectivity index (χ2n) is 9.33. The van der Waals surface area contributed by atoms with Gasteiger partial charge in [0.1, 0.15) is 0 Å². The lowest BCUT2D eigenvalue weighted by Gasteiger charge is -2.40. The summed E-state index contributed by atoms with van der Waals surface area (Å²) in [6, 6.07) is 31.5. The van der Waals surface area contributed by atoms with E-state index in [9.17, 15) is 0 Å². The zero-order chi connectivity index (χ0) is 21.3. The van der Waals surface area contributed by atoms with Crippen LogP contribution in [0.3, 0.4) is 0 Å². The van der Waals surface area contributed by atoms with Crippen LogP contribution in [0.2, 0.25) is 0 Å². The Morgan fingerprint density at radius 1 is 0.516 bits per heavy atom. The van der Waals surface area contributed by atoms with Gasteiger partial charge in [0.2, 0.25) is 0 Å². The van der Waals surface area contributed by atoms with E-state index < -0.39 is 0 Å². The normalized spacial score (nSPS) is 14.8. The highest BCUT2D eigenvalue weighted by Crippen LogP contribution is 2.62. The van der Waals surface area contributed by atoms with Gasteiger partial charge in [-0.25, -0.2) is 0 Å². The van der Waals surface area contributed by atoms with E-state index >= 15 is 0 Å². The molecule has 152 valence electrons. The van der Waals surface area contributed by atoms with E-state index in [-0.39, 0.29) is 5.41 Å². The fourth-order valence-electron chi connectivity index (χ4n) is 6.13. The summed E-state index contributed by atoms with van der Waals surface area (Å²) in [4.78, 5) is 0. The van der Waals surface area contributed by atoms with Crippen LogP contribution in [0.1, 0.15) is 47.9 Å². The van der Waals surface area contributed by atoms with Crippen LogP contribution in [0.5, 0.6) is 0 Å². The van der Waals surface area contributed by atoms with E-state index in [4.69, 9.17) is 0 Å². The zero-order valence-electron chi connectivity index (χ0n) is 17.5. The zero-order valence-corrected chi connectivity index (χ0v) is 20.7. The van der Waals surface area contributed by atoms with Gasteiger partial charge in [-0.3, -0.25) is 0 Å². The van der Waals surface area contributed by atoms with Crippen LogP contribution >= 0.6 is 31.9 Å². The minimum Gasteiger partial charge on any atom is -0.0619 e. The average molecular weight is 530 g/mol. The molecule has 31 heavy (non-hydrogen) atoms. The van der Waals surface area contributed by atoms with Crippen LogP contribution < -0.4 is 0 Å². The van der Waals surface area contributed by atoms with Gasteiger partial charge in [0, 0.05) is 20.8 Å². The van der Waals surface area contributed by atoms with E-state index in [0.717, 1.165) is 8.95 Å². The molecule has 0 heterocycles. The predicted octanol–water partition coefficient (Wildman–Crippen LogP) is 9.16. The first-order valence-electron chi connectivity index (χ1n) is 10.7. The summed E-state index contributed by atoms with van der Waals surface area (Å²) in [7, 11) is 0. The van der Waals surface area contributed by atoms with E-state index in [1.54, 1.807) is 0 Å². The SMILES string of the molecule is CC(C)(C1c2ccccc2-c2ccccc21)C1c2cc(Br)ccc2-c2ccc(Br)cc21. The molecule has 0 saturated heterocycles. The van der Waals surface area contributed by atoms with Crippen LogP contribution in [-0.2, 0) is 0 Å². The average Bonchev–Trinajstić information content (AvgIpc) is 3.26. The highest BCUT2D eigenvalue weighted by molar-refractivity contribution is 9.10. The highest BCUT2D eigenvalue weighted by Gasteiger charge is 2.48. The van der Waals surface area contributed by atoms with Crippen LogP contribution in [0, 0.1) is 5.41 Å². The van der Waals surface area contributed by atoms with Gasteiger partial charge in [0.15, 0.2) is 0 Å². The van der Waals surface area contributed by atoms with E-state index in [1.807, 2.05) is 0 Å². The van der Waals surface area contributed by atoms with Gasteiger partial charge < -0.3 is 0 Å². The molecular weight excluding hydrogens is 508 g/mol. The third kappa shape index (κ3) is 2.78. The first-order chi connectivity index (χ1) is 15.0. The lowest BCUT2D eigenvalue weighted by atomic mass is 9.63. The molecule has 2 aliphatic carbocycles. The van der Waals surface area contributed by atoms with E-state index in [1.165, 1.54) is 44.5 Å². The van der Waals surface area contributed by atoms with Crippen LogP contribution in [0.25, 0.3) is 22.3 Å². The number of hydrogen-bond donors (Lipinski definition) is 0. The Bertz CT molecular complexity index is 1250. The Balaban J connectivity index is 1.62. The van der Waals surface area contributed by atoms with Gasteiger partial charge in [-0.15, -0.1) is 0 Å². The van der Waals surface area contributed by atoms with Crippen LogP contribution in [0.4, 0.5) is 0 Å². The molecule has 0 atom stereocenters. The van der Waals surface area contributed by atoms with Crippen molar-refractivity contribution >= 4 is 31.9 Å². The van der Waals surface area contributed by atoms with Crippen molar-refractivity contribution < 1.29 is 0 Å². The summed E-state index contributed by atoms with van der Waals surface area (Å²) >= 11 is 7.49. The Hall–Kier alpha value is -2.16. The van der Waals surface area contributed by atoms with Crippen molar-refractivity contribution in [2.45, 2.75) is 25.7 Å². The van der Waals surface area contributed by atoms with E-state index in [2.05, 4.69) is 131 Å². The fourth-order valence-corrected chi connectivity index (χ4v) is 6.89. The van der Waals surface area contributed by atoms with Gasteiger partial charge in [0.25, 0.3) is 0 Å². The van der Waals surface area contributed by atoms with Crippen LogP contribution in [-0.4, -0.2) is 0 Å². The maximum atomic E-state index is 3.74. The van der Waals surface area contributed by atoms with Gasteiger partial charge in [-0.05, 0) is 74.2 Å². The minimum atomic E-state index is -0.0235. The molecule has 2 heteroatoms. The summed E-state index contributed by atoms with van der Waals surface area (Å²) in [6.45, 7) is 4.92. The van der Waals surface area contributed by atoms with Gasteiger partial charge >= 0.3 is 0 Å². The van der Waals surface area contributed by atoms with Crippen molar-refractivity contribution in [1.82, 2.24) is 0 Å². The summed E-state index contributed by atoms with van der Waals surface area (Å²) < 4.78 is 2.29. The van der Waals surface area contributed by atoms with Crippen LogP contribution in [0.15, 0.2) is 93.9 Å². The molecule has 0 aromatic heterocycles. The van der Waals surface area contributed by atoms with E-state index in [0.29, 0.717) is 11.8 Å². The lowest BCUT2D eigenvalue weighted by Crippen LogP contribution is -2.29. The van der Waals surface area contributed by atoms with Crippen molar-refractivity contribution in [3.63, 3.8) is 0 Å². The number of halogens is 2. The highest BCUT2D eigenvalue weighted by atomic mass is 79.9. The molecule has 0 nitrogen and oxygen atoms in total. The maximum absolute atomic E-state index is 3.74. The van der Waals surface area contributed by atoms with Crippen molar-refractivity contribution in [1.29, 1.82) is 0 Å². The third-order valence-corrected chi connectivity index (χ3v) is 8.25. The quantitative estimate of drug-likeness (QED) is 0.243. The number of hydrogen-bond acceptors (Lipinski definition) is 0. The molecule has 0 radical (unpaired) electrons. The molecule has 0 aliphatic heterocycles. The van der Waals surface area contributed by atoms with Crippen molar-refractivity contribution in [3.05, 3.63) is 116 Å². The smallest absolute Gasteiger partial charge is 0.0178 e. The minimum absolute atomic E-state index is 0.0235. The molecule has 0 fully saturated rings. The van der Waals surface area contributed by atoms with Gasteiger partial charge in [-0.1, -0.05) is 106 Å². The maximum Gasteiger partial charge on any atom is 0.0178 e. The summed E-state index contributed by atoms with van der Waals surface area (Å²) in [5.74, 6) is 0.637. The number of benzene rings is 4. The summed E-state index contributed by atoms with van der Waals surface area (Å²) in [6.07, 6.45) is 0. The van der Waals surface area contributed by atoms with Crippen molar-refractivity contribution in [2.75, 3.05) is 0 Å². The van der Waals surface area contributed by atoms with Crippen molar-refractivity contribution in [2.24, 2.45) is 5.41 Å². The summed E-state index contributed by atoms with van der Waals surface area (Å²) in [5.41, 5.74) is 11.2. The molecule has 4 aromatic rings. The molecule has 0 spiro atoms. The fraction of sp³-hybridized carbons (Fsp3) is 0.172. The lowest BCUT2D eigenvalue weighted by molar-refractivity contribution is 0.282. The molecule has 0 saturated carbocycles. The summed E-state index contributed by atoms with van der Waals surface area (Å²) in [5, 5.41) is 0. The molecule has 4 aromatic carbocycles. The first-order valence-corrected chi connectivity index (χ1v) is 12.3. The number of rotatable bonds is 2. The number of fused-ring (bicyclic) bond motifs is 6. The molecule has 6 rings (SSSR count). The Labute approximate surface area is 200 Å². The molecule has 2 aliphatic rings. The Morgan fingerprint density at radius 3 is 1.39 bits per heavy atom. The Morgan fingerprint density at radius 2 is 0.903 bits per heavy atom. The van der Waals surface area contributed by atoms with Gasteiger partial charge in [0.05, 0.1) is 0 Å². The molecule has 0 bridgehead atoms. The molecular formula is C29H22Br2.